The molecule has 0 N–H and O–H groups in total. The fourth-order valence-corrected chi connectivity index (χ4v) is 8.78. The molecule has 7 aromatic carbocycles. The predicted molar refractivity (Wildman–Crippen MR) is 227 cm³/mol. The van der Waals surface area contributed by atoms with Gasteiger partial charge < -0.3 is 8.98 Å². The first kappa shape index (κ1) is 32.0. The zero-order chi connectivity index (χ0) is 36.5. The summed E-state index contributed by atoms with van der Waals surface area (Å²) in [6.45, 7) is 8.92. The molecule has 0 aliphatic heterocycles. The zero-order valence-corrected chi connectivity index (χ0v) is 30.8. The van der Waals surface area contributed by atoms with E-state index in [-0.39, 0.29) is 0 Å². The highest BCUT2D eigenvalue weighted by molar-refractivity contribution is 6.09. The number of aryl methyl sites for hydroxylation is 2. The normalized spacial score (nSPS) is 11.7. The van der Waals surface area contributed by atoms with Gasteiger partial charge in [0.05, 0.1) is 16.7 Å². The fraction of sp³-hybridized carbons (Fsp3) is 0.0784. The highest BCUT2D eigenvalue weighted by Crippen LogP contribution is 2.40. The van der Waals surface area contributed by atoms with Crippen LogP contribution in [-0.2, 0) is 0 Å². The van der Waals surface area contributed by atoms with Gasteiger partial charge in [0.2, 0.25) is 0 Å². The van der Waals surface area contributed by atoms with Gasteiger partial charge in [-0.1, -0.05) is 97.1 Å². The van der Waals surface area contributed by atoms with E-state index < -0.39 is 0 Å². The average Bonchev–Trinajstić information content (AvgIpc) is 3.74. The molecule has 0 saturated heterocycles. The van der Waals surface area contributed by atoms with Crippen LogP contribution in [0.4, 0.5) is 0 Å². The Kier molecular flexibility index (Phi) is 7.38. The maximum Gasteiger partial charge on any atom is 0.135 e. The van der Waals surface area contributed by atoms with Crippen LogP contribution in [-0.4, -0.2) is 9.55 Å². The van der Waals surface area contributed by atoms with E-state index in [4.69, 9.17) is 9.40 Å². The lowest BCUT2D eigenvalue weighted by Crippen LogP contribution is -2.00. The second-order valence-electron chi connectivity index (χ2n) is 14.5. The van der Waals surface area contributed by atoms with Gasteiger partial charge in [-0.15, -0.1) is 0 Å². The van der Waals surface area contributed by atoms with Crippen molar-refractivity contribution >= 4 is 43.7 Å². The number of hydrogen-bond donors (Lipinski definition) is 0. The van der Waals surface area contributed by atoms with Gasteiger partial charge in [0.25, 0.3) is 0 Å². The first-order valence-electron chi connectivity index (χ1n) is 18.6. The number of fused-ring (bicyclic) bond motifs is 6. The monoisotopic (exact) mass is 694 g/mol. The molecule has 258 valence electrons. The second kappa shape index (κ2) is 12.5. The molecule has 0 bridgehead atoms. The molecule has 0 spiro atoms. The van der Waals surface area contributed by atoms with Crippen molar-refractivity contribution in [1.29, 1.82) is 0 Å². The third-order valence-corrected chi connectivity index (χ3v) is 11.3. The Bertz CT molecular complexity index is 3050. The molecular formula is C51H38N2O. The molecule has 54 heavy (non-hydrogen) atoms. The Morgan fingerprint density at radius 1 is 0.444 bits per heavy atom. The van der Waals surface area contributed by atoms with Crippen LogP contribution in [0.15, 0.2) is 162 Å². The van der Waals surface area contributed by atoms with Crippen LogP contribution in [0, 0.1) is 27.7 Å². The van der Waals surface area contributed by atoms with Gasteiger partial charge in [-0.3, -0.25) is 4.98 Å². The van der Waals surface area contributed by atoms with Crippen LogP contribution in [0.25, 0.3) is 94.1 Å². The molecule has 3 heterocycles. The molecule has 0 fully saturated rings. The van der Waals surface area contributed by atoms with E-state index in [0.717, 1.165) is 33.2 Å². The summed E-state index contributed by atoms with van der Waals surface area (Å²) in [6.07, 6.45) is 1.95. The van der Waals surface area contributed by atoms with Crippen LogP contribution < -0.4 is 0 Å². The summed E-state index contributed by atoms with van der Waals surface area (Å²) in [5.41, 5.74) is 19.8. The van der Waals surface area contributed by atoms with E-state index in [1.807, 2.05) is 18.3 Å². The highest BCUT2D eigenvalue weighted by Gasteiger charge is 2.18. The van der Waals surface area contributed by atoms with Gasteiger partial charge in [-0.2, -0.15) is 0 Å². The summed E-state index contributed by atoms with van der Waals surface area (Å²) in [4.78, 5) is 4.93. The van der Waals surface area contributed by atoms with Crippen LogP contribution in [0.3, 0.4) is 0 Å². The molecule has 3 heteroatoms. The van der Waals surface area contributed by atoms with E-state index in [1.54, 1.807) is 0 Å². The van der Waals surface area contributed by atoms with Crippen LogP contribution >= 0.6 is 0 Å². The number of pyridine rings is 1. The molecule has 0 unspecified atom stereocenters. The molecule has 0 amide bonds. The van der Waals surface area contributed by atoms with Gasteiger partial charge in [0, 0.05) is 39.0 Å². The number of benzene rings is 7. The number of hydrogen-bond acceptors (Lipinski definition) is 2. The van der Waals surface area contributed by atoms with E-state index in [0.29, 0.717) is 0 Å². The number of aromatic nitrogens is 2. The summed E-state index contributed by atoms with van der Waals surface area (Å²) in [5, 5.41) is 4.82. The number of furan rings is 1. The SMILES string of the molecule is Cc1ccc(-c2ccc3oc4ccccc4c3c2)c(C)c1-c1cccc(-c2cc(-c3c(C)ccc(-n4c5ccccc5c5ccccc54)c3C)ccn2)c1. The molecule has 3 nitrogen and oxygen atoms in total. The van der Waals surface area contributed by atoms with Crippen LogP contribution in [0.2, 0.25) is 0 Å². The third kappa shape index (κ3) is 5.00. The molecule has 0 aliphatic carbocycles. The minimum atomic E-state index is 0.913. The van der Waals surface area contributed by atoms with Crippen molar-refractivity contribution in [3.05, 3.63) is 180 Å². The first-order valence-corrected chi connectivity index (χ1v) is 18.6. The summed E-state index contributed by atoms with van der Waals surface area (Å²) >= 11 is 0. The molecule has 0 saturated carbocycles. The summed E-state index contributed by atoms with van der Waals surface area (Å²) in [5.74, 6) is 0. The largest absolute Gasteiger partial charge is 0.456 e. The highest BCUT2D eigenvalue weighted by atomic mass is 16.3. The fourth-order valence-electron chi connectivity index (χ4n) is 8.78. The van der Waals surface area contributed by atoms with E-state index >= 15 is 0 Å². The van der Waals surface area contributed by atoms with E-state index in [9.17, 15) is 0 Å². The van der Waals surface area contributed by atoms with Crippen molar-refractivity contribution in [3.8, 4) is 50.3 Å². The Morgan fingerprint density at radius 3 is 1.85 bits per heavy atom. The van der Waals surface area contributed by atoms with E-state index in [1.165, 1.54) is 83.1 Å². The van der Waals surface area contributed by atoms with Crippen molar-refractivity contribution < 1.29 is 4.42 Å². The Hall–Kier alpha value is -6.71. The number of para-hydroxylation sites is 3. The summed E-state index contributed by atoms with van der Waals surface area (Å²) < 4.78 is 8.56. The summed E-state index contributed by atoms with van der Waals surface area (Å²) in [7, 11) is 0. The van der Waals surface area contributed by atoms with Gasteiger partial charge in [-0.05, 0) is 138 Å². The molecule has 10 rings (SSSR count). The smallest absolute Gasteiger partial charge is 0.135 e. The molecule has 0 aliphatic rings. The lowest BCUT2D eigenvalue weighted by atomic mass is 9.88. The third-order valence-electron chi connectivity index (χ3n) is 11.3. The Labute approximate surface area is 314 Å². The molecular weight excluding hydrogens is 657 g/mol. The van der Waals surface area contributed by atoms with E-state index in [2.05, 4.69) is 172 Å². The standard InChI is InChI=1S/C51H38N2O/c1-31-20-23-39(35-22-25-49-43(29-35)42-16-7-10-19-48(42)54-49)33(3)50(31)37-13-11-12-36(28-37)44-30-38(26-27-52-44)51-32(2)21-24-45(34(51)4)53-46-17-8-5-14-40(46)41-15-6-9-18-47(41)53/h5-30H,1-4H3. The maximum absolute atomic E-state index is 6.14. The minimum absolute atomic E-state index is 0.913. The van der Waals surface area contributed by atoms with Gasteiger partial charge in [0.1, 0.15) is 11.2 Å². The molecule has 3 aromatic heterocycles. The molecule has 0 atom stereocenters. The summed E-state index contributed by atoms with van der Waals surface area (Å²) in [6, 6.07) is 54.5. The van der Waals surface area contributed by atoms with Crippen molar-refractivity contribution in [2.45, 2.75) is 27.7 Å². The molecule has 10 aromatic rings. The van der Waals surface area contributed by atoms with Crippen LogP contribution in [0.5, 0.6) is 0 Å². The quantitative estimate of drug-likeness (QED) is 0.180. The maximum atomic E-state index is 6.14. The average molecular weight is 695 g/mol. The Balaban J connectivity index is 1.06. The molecule has 0 radical (unpaired) electrons. The van der Waals surface area contributed by atoms with Gasteiger partial charge in [0.15, 0.2) is 0 Å². The second-order valence-corrected chi connectivity index (χ2v) is 14.5. The van der Waals surface area contributed by atoms with Crippen molar-refractivity contribution in [2.75, 3.05) is 0 Å². The topological polar surface area (TPSA) is 31.0 Å². The van der Waals surface area contributed by atoms with Crippen LogP contribution in [0.1, 0.15) is 22.3 Å². The van der Waals surface area contributed by atoms with Crippen molar-refractivity contribution in [3.63, 3.8) is 0 Å². The number of rotatable bonds is 5. The number of nitrogens with zero attached hydrogens (tertiary/aromatic N) is 2. The van der Waals surface area contributed by atoms with Crippen molar-refractivity contribution in [2.24, 2.45) is 0 Å². The van der Waals surface area contributed by atoms with Gasteiger partial charge >= 0.3 is 0 Å². The lowest BCUT2D eigenvalue weighted by Gasteiger charge is -2.18. The predicted octanol–water partition coefficient (Wildman–Crippen LogP) is 14.0. The minimum Gasteiger partial charge on any atom is -0.456 e. The lowest BCUT2D eigenvalue weighted by molar-refractivity contribution is 0.669. The zero-order valence-electron chi connectivity index (χ0n) is 30.8. The first-order chi connectivity index (χ1) is 26.4. The van der Waals surface area contributed by atoms with Gasteiger partial charge in [-0.25, -0.2) is 0 Å². The Morgan fingerprint density at radius 2 is 1.07 bits per heavy atom. The van der Waals surface area contributed by atoms with Crippen molar-refractivity contribution in [1.82, 2.24) is 9.55 Å².